The predicted molar refractivity (Wildman–Crippen MR) is 90.1 cm³/mol. The second kappa shape index (κ2) is 8.61. The van der Waals surface area contributed by atoms with Crippen LogP contribution in [0.2, 0.25) is 0 Å². The van der Waals surface area contributed by atoms with Gasteiger partial charge in [0.25, 0.3) is 5.91 Å². The summed E-state index contributed by atoms with van der Waals surface area (Å²) in [6.45, 7) is 5.84. The molecule has 3 atom stereocenters. The maximum atomic E-state index is 12.2. The summed E-state index contributed by atoms with van der Waals surface area (Å²) in [6, 6.07) is 7.73. The molecule has 1 aromatic rings. The van der Waals surface area contributed by atoms with E-state index in [1.165, 1.54) is 0 Å². The Balaban J connectivity index is 0.00000220. The topological polar surface area (TPSA) is 50.4 Å². The van der Waals surface area contributed by atoms with E-state index in [9.17, 15) is 4.79 Å². The monoisotopic (exact) mass is 376 g/mol. The van der Waals surface area contributed by atoms with Gasteiger partial charge in [0, 0.05) is 10.5 Å². The van der Waals surface area contributed by atoms with E-state index in [1.807, 2.05) is 24.3 Å². The number of ether oxygens (including phenoxy) is 1. The van der Waals surface area contributed by atoms with E-state index in [0.717, 1.165) is 24.0 Å². The lowest BCUT2D eigenvalue weighted by Gasteiger charge is -2.31. The van der Waals surface area contributed by atoms with Gasteiger partial charge in [-0.3, -0.25) is 4.79 Å². The van der Waals surface area contributed by atoms with Crippen LogP contribution in [-0.4, -0.2) is 31.1 Å². The quantitative estimate of drug-likeness (QED) is 0.848. The molecule has 1 heterocycles. The van der Waals surface area contributed by atoms with Gasteiger partial charge in [-0.2, -0.15) is 0 Å². The predicted octanol–water partition coefficient (Wildman–Crippen LogP) is 2.75. The van der Waals surface area contributed by atoms with Crippen LogP contribution in [0, 0.1) is 5.92 Å². The van der Waals surface area contributed by atoms with Crippen LogP contribution in [0.3, 0.4) is 0 Å². The van der Waals surface area contributed by atoms with E-state index in [0.29, 0.717) is 11.7 Å². The van der Waals surface area contributed by atoms with Crippen molar-refractivity contribution in [1.82, 2.24) is 10.6 Å². The highest BCUT2D eigenvalue weighted by atomic mass is 79.9. The van der Waals surface area contributed by atoms with Crippen LogP contribution < -0.4 is 15.4 Å². The van der Waals surface area contributed by atoms with Crippen LogP contribution in [0.25, 0.3) is 0 Å². The van der Waals surface area contributed by atoms with Crippen molar-refractivity contribution in [2.45, 2.75) is 32.4 Å². The molecule has 21 heavy (non-hydrogen) atoms. The molecule has 0 bridgehead atoms. The van der Waals surface area contributed by atoms with Crippen molar-refractivity contribution in [3.63, 3.8) is 0 Å². The van der Waals surface area contributed by atoms with Gasteiger partial charge >= 0.3 is 0 Å². The van der Waals surface area contributed by atoms with Crippen molar-refractivity contribution in [2.24, 2.45) is 5.92 Å². The molecule has 0 saturated carbocycles. The Morgan fingerprint density at radius 1 is 1.43 bits per heavy atom. The molecular weight excluding hydrogens is 356 g/mol. The number of piperidine rings is 1. The van der Waals surface area contributed by atoms with Crippen LogP contribution in [0.5, 0.6) is 5.75 Å². The second-order valence-corrected chi connectivity index (χ2v) is 6.21. The fourth-order valence-corrected chi connectivity index (χ4v) is 2.56. The number of halogens is 2. The largest absolute Gasteiger partial charge is 0.481 e. The van der Waals surface area contributed by atoms with Gasteiger partial charge in [0.15, 0.2) is 6.10 Å². The first-order valence-corrected chi connectivity index (χ1v) is 7.79. The normalized spacial score (nSPS) is 22.8. The molecule has 3 unspecified atom stereocenters. The SMILES string of the molecule is CC(Oc1ccc(Br)cc1)C(=O)NC1CCNCC1C.Cl. The molecule has 2 rings (SSSR count). The fourth-order valence-electron chi connectivity index (χ4n) is 2.30. The Labute approximate surface area is 140 Å². The summed E-state index contributed by atoms with van der Waals surface area (Å²) in [7, 11) is 0. The molecule has 1 aliphatic heterocycles. The van der Waals surface area contributed by atoms with E-state index in [2.05, 4.69) is 33.5 Å². The van der Waals surface area contributed by atoms with Crippen molar-refractivity contribution >= 4 is 34.2 Å². The first-order valence-electron chi connectivity index (χ1n) is 6.99. The number of amides is 1. The van der Waals surface area contributed by atoms with Crippen molar-refractivity contribution in [2.75, 3.05) is 13.1 Å². The molecule has 1 saturated heterocycles. The fraction of sp³-hybridized carbons (Fsp3) is 0.533. The highest BCUT2D eigenvalue weighted by Gasteiger charge is 2.25. The summed E-state index contributed by atoms with van der Waals surface area (Å²) in [4.78, 5) is 12.2. The number of hydrogen-bond donors (Lipinski definition) is 2. The van der Waals surface area contributed by atoms with Gasteiger partial charge in [-0.05, 0) is 56.6 Å². The third-order valence-electron chi connectivity index (χ3n) is 3.61. The summed E-state index contributed by atoms with van der Waals surface area (Å²) < 4.78 is 6.65. The van der Waals surface area contributed by atoms with E-state index >= 15 is 0 Å². The highest BCUT2D eigenvalue weighted by Crippen LogP contribution is 2.17. The van der Waals surface area contributed by atoms with Crippen molar-refractivity contribution in [1.29, 1.82) is 0 Å². The maximum absolute atomic E-state index is 12.2. The standard InChI is InChI=1S/C15H21BrN2O2.ClH/c1-10-9-17-8-7-14(10)18-15(19)11(2)20-13-5-3-12(16)4-6-13;/h3-6,10-11,14,17H,7-9H2,1-2H3,(H,18,19);1H. The van der Waals surface area contributed by atoms with Gasteiger partial charge in [0.05, 0.1) is 0 Å². The summed E-state index contributed by atoms with van der Waals surface area (Å²) in [5.74, 6) is 1.11. The maximum Gasteiger partial charge on any atom is 0.261 e. The molecule has 118 valence electrons. The number of nitrogens with one attached hydrogen (secondary N) is 2. The molecule has 6 heteroatoms. The third-order valence-corrected chi connectivity index (χ3v) is 4.14. The summed E-state index contributed by atoms with van der Waals surface area (Å²) in [5.41, 5.74) is 0. The molecule has 2 N–H and O–H groups in total. The molecule has 0 aliphatic carbocycles. The van der Waals surface area contributed by atoms with Crippen LogP contribution >= 0.6 is 28.3 Å². The molecule has 1 aliphatic rings. The number of carbonyl (C=O) groups is 1. The lowest BCUT2D eigenvalue weighted by molar-refractivity contribution is -0.128. The zero-order valence-corrected chi connectivity index (χ0v) is 14.7. The Morgan fingerprint density at radius 3 is 2.71 bits per heavy atom. The minimum Gasteiger partial charge on any atom is -0.481 e. The van der Waals surface area contributed by atoms with E-state index in [4.69, 9.17) is 4.74 Å². The van der Waals surface area contributed by atoms with Gasteiger partial charge in [-0.25, -0.2) is 0 Å². The third kappa shape index (κ3) is 5.49. The van der Waals surface area contributed by atoms with Crippen molar-refractivity contribution < 1.29 is 9.53 Å². The number of rotatable bonds is 4. The first kappa shape index (κ1) is 18.3. The lowest BCUT2D eigenvalue weighted by Crippen LogP contribution is -2.51. The summed E-state index contributed by atoms with van der Waals surface area (Å²) in [6.07, 6.45) is 0.482. The minimum atomic E-state index is -0.488. The molecule has 0 aromatic heterocycles. The Kier molecular flexibility index (Phi) is 7.49. The molecule has 4 nitrogen and oxygen atoms in total. The van der Waals surface area contributed by atoms with Gasteiger partial charge in [0.1, 0.15) is 5.75 Å². The highest BCUT2D eigenvalue weighted by molar-refractivity contribution is 9.10. The van der Waals surface area contributed by atoms with Gasteiger partial charge < -0.3 is 15.4 Å². The summed E-state index contributed by atoms with van der Waals surface area (Å²) >= 11 is 3.37. The molecule has 0 radical (unpaired) electrons. The van der Waals surface area contributed by atoms with Crippen LogP contribution in [0.1, 0.15) is 20.3 Å². The molecular formula is C15H22BrClN2O2. The van der Waals surface area contributed by atoms with Crippen LogP contribution in [0.4, 0.5) is 0 Å². The lowest BCUT2D eigenvalue weighted by atomic mass is 9.95. The Bertz CT molecular complexity index is 455. The Hall–Kier alpha value is -0.780. The van der Waals surface area contributed by atoms with Gasteiger partial charge in [0.2, 0.25) is 0 Å². The van der Waals surface area contributed by atoms with E-state index < -0.39 is 6.10 Å². The van der Waals surface area contributed by atoms with E-state index in [1.54, 1.807) is 6.92 Å². The number of benzene rings is 1. The first-order chi connectivity index (χ1) is 9.56. The van der Waals surface area contributed by atoms with Crippen LogP contribution in [-0.2, 0) is 4.79 Å². The smallest absolute Gasteiger partial charge is 0.261 e. The number of hydrogen-bond acceptors (Lipinski definition) is 3. The van der Waals surface area contributed by atoms with Crippen molar-refractivity contribution in [3.05, 3.63) is 28.7 Å². The minimum absolute atomic E-state index is 0. The average molecular weight is 378 g/mol. The summed E-state index contributed by atoms with van der Waals surface area (Å²) in [5, 5.41) is 6.41. The second-order valence-electron chi connectivity index (χ2n) is 5.30. The molecule has 0 spiro atoms. The zero-order chi connectivity index (χ0) is 14.5. The molecule has 1 fully saturated rings. The van der Waals surface area contributed by atoms with Gasteiger partial charge in [-0.1, -0.05) is 22.9 Å². The molecule has 1 aromatic carbocycles. The van der Waals surface area contributed by atoms with Crippen molar-refractivity contribution in [3.8, 4) is 5.75 Å². The average Bonchev–Trinajstić information content (AvgIpc) is 2.44. The molecule has 1 amide bonds. The van der Waals surface area contributed by atoms with E-state index in [-0.39, 0.29) is 24.4 Å². The number of carbonyl (C=O) groups excluding carboxylic acids is 1. The van der Waals surface area contributed by atoms with Crippen LogP contribution in [0.15, 0.2) is 28.7 Å². The zero-order valence-electron chi connectivity index (χ0n) is 12.3. The Morgan fingerprint density at radius 2 is 2.10 bits per heavy atom. The van der Waals surface area contributed by atoms with Gasteiger partial charge in [-0.15, -0.1) is 12.4 Å².